The lowest BCUT2D eigenvalue weighted by atomic mass is 10.2. The number of rotatable bonds is 3. The van der Waals surface area contributed by atoms with Crippen LogP contribution in [-0.2, 0) is 4.74 Å². The van der Waals surface area contributed by atoms with Crippen LogP contribution in [0.25, 0.3) is 0 Å². The molecule has 0 aliphatic carbocycles. The first-order valence-electron chi connectivity index (χ1n) is 5.54. The number of hydrogen-bond acceptors (Lipinski definition) is 4. The fraction of sp³-hybridized carbons (Fsp3) is 0.636. The summed E-state index contributed by atoms with van der Waals surface area (Å²) in [5.74, 6) is 1.84. The molecule has 0 aromatic carbocycles. The number of aromatic nitrogens is 2. The first-order valence-corrected chi connectivity index (χ1v) is 5.91. The van der Waals surface area contributed by atoms with Crippen LogP contribution >= 0.6 is 11.6 Å². The summed E-state index contributed by atoms with van der Waals surface area (Å²) < 4.78 is 5.30. The Labute approximate surface area is 100 Å². The van der Waals surface area contributed by atoms with E-state index < -0.39 is 0 Å². The molecule has 1 aliphatic rings. The summed E-state index contributed by atoms with van der Waals surface area (Å²) in [6.07, 6.45) is 1.01. The Morgan fingerprint density at radius 2 is 2.31 bits per heavy atom. The molecule has 88 valence electrons. The summed E-state index contributed by atoms with van der Waals surface area (Å²) in [7, 11) is 0. The van der Waals surface area contributed by atoms with Gasteiger partial charge in [0.1, 0.15) is 16.8 Å². The van der Waals surface area contributed by atoms with Crippen molar-refractivity contribution >= 4 is 17.4 Å². The third-order valence-corrected chi connectivity index (χ3v) is 2.70. The predicted molar refractivity (Wildman–Crippen MR) is 64.0 cm³/mol. The van der Waals surface area contributed by atoms with Crippen molar-refractivity contribution in [3.8, 4) is 0 Å². The molecule has 1 unspecified atom stereocenters. The fourth-order valence-electron chi connectivity index (χ4n) is 1.62. The molecular formula is C11H16ClN3O. The van der Waals surface area contributed by atoms with Crippen molar-refractivity contribution in [2.45, 2.75) is 32.2 Å². The Hall–Kier alpha value is -0.870. The molecule has 2 heterocycles. The molecule has 1 aromatic heterocycles. The first kappa shape index (κ1) is 11.6. The van der Waals surface area contributed by atoms with E-state index in [1.165, 1.54) is 0 Å². The van der Waals surface area contributed by atoms with Gasteiger partial charge >= 0.3 is 0 Å². The van der Waals surface area contributed by atoms with Crippen LogP contribution in [0.5, 0.6) is 0 Å². The molecule has 0 bridgehead atoms. The van der Waals surface area contributed by atoms with Gasteiger partial charge in [-0.2, -0.15) is 0 Å². The summed E-state index contributed by atoms with van der Waals surface area (Å²) in [4.78, 5) is 8.63. The van der Waals surface area contributed by atoms with Crippen molar-refractivity contribution in [1.29, 1.82) is 0 Å². The highest BCUT2D eigenvalue weighted by Crippen LogP contribution is 2.19. The van der Waals surface area contributed by atoms with Crippen LogP contribution < -0.4 is 5.32 Å². The van der Waals surface area contributed by atoms with E-state index in [2.05, 4.69) is 15.3 Å². The molecule has 1 fully saturated rings. The molecule has 1 aromatic rings. The molecule has 0 spiro atoms. The third-order valence-electron chi connectivity index (χ3n) is 2.51. The Morgan fingerprint density at radius 1 is 1.50 bits per heavy atom. The Kier molecular flexibility index (Phi) is 3.61. The number of hydrogen-bond donors (Lipinski definition) is 1. The Balaban J connectivity index is 2.13. The zero-order valence-electron chi connectivity index (χ0n) is 9.53. The van der Waals surface area contributed by atoms with Crippen molar-refractivity contribution < 1.29 is 4.74 Å². The molecule has 0 radical (unpaired) electrons. The molecule has 2 rings (SSSR count). The van der Waals surface area contributed by atoms with Crippen LogP contribution in [0.4, 0.5) is 5.82 Å². The molecule has 1 aliphatic heterocycles. The maximum atomic E-state index is 5.96. The van der Waals surface area contributed by atoms with Crippen molar-refractivity contribution in [1.82, 2.24) is 9.97 Å². The van der Waals surface area contributed by atoms with E-state index in [0.717, 1.165) is 31.3 Å². The van der Waals surface area contributed by atoms with Crippen molar-refractivity contribution in [2.75, 3.05) is 18.5 Å². The standard InChI is InChI=1S/C11H16ClN3O/c1-7(2)11-14-9(12)5-10(15-11)13-8-3-4-16-6-8/h5,7-8H,3-4,6H2,1-2H3,(H,13,14,15). The fourth-order valence-corrected chi connectivity index (χ4v) is 1.81. The van der Waals surface area contributed by atoms with Crippen LogP contribution in [0, 0.1) is 0 Å². The number of nitrogens with zero attached hydrogens (tertiary/aromatic N) is 2. The zero-order valence-corrected chi connectivity index (χ0v) is 10.3. The van der Waals surface area contributed by atoms with Gasteiger partial charge in [-0.25, -0.2) is 9.97 Å². The van der Waals surface area contributed by atoms with Crippen LogP contribution in [0.3, 0.4) is 0 Å². The molecule has 0 saturated carbocycles. The largest absolute Gasteiger partial charge is 0.379 e. The van der Waals surface area contributed by atoms with Crippen molar-refractivity contribution in [2.24, 2.45) is 0 Å². The summed E-state index contributed by atoms with van der Waals surface area (Å²) in [6, 6.07) is 2.09. The maximum absolute atomic E-state index is 5.96. The average molecular weight is 242 g/mol. The van der Waals surface area contributed by atoms with Gasteiger partial charge in [-0.1, -0.05) is 25.4 Å². The highest BCUT2D eigenvalue weighted by Gasteiger charge is 2.16. The van der Waals surface area contributed by atoms with E-state index in [9.17, 15) is 0 Å². The minimum absolute atomic E-state index is 0.277. The topological polar surface area (TPSA) is 47.0 Å². The lowest BCUT2D eigenvalue weighted by molar-refractivity contribution is 0.195. The quantitative estimate of drug-likeness (QED) is 0.826. The SMILES string of the molecule is CC(C)c1nc(Cl)cc(NC2CCOC2)n1. The predicted octanol–water partition coefficient (Wildman–Crippen LogP) is 2.45. The molecule has 16 heavy (non-hydrogen) atoms. The van der Waals surface area contributed by atoms with Gasteiger partial charge in [-0.3, -0.25) is 0 Å². The van der Waals surface area contributed by atoms with Gasteiger partial charge in [0, 0.05) is 18.6 Å². The van der Waals surface area contributed by atoms with E-state index in [4.69, 9.17) is 16.3 Å². The van der Waals surface area contributed by atoms with E-state index in [1.54, 1.807) is 6.07 Å². The number of anilines is 1. The molecule has 4 nitrogen and oxygen atoms in total. The normalized spacial score (nSPS) is 20.4. The summed E-state index contributed by atoms with van der Waals surface area (Å²) in [5.41, 5.74) is 0. The Morgan fingerprint density at radius 3 is 2.94 bits per heavy atom. The molecular weight excluding hydrogens is 226 g/mol. The lowest BCUT2D eigenvalue weighted by Gasteiger charge is -2.13. The third kappa shape index (κ3) is 2.83. The summed E-state index contributed by atoms with van der Waals surface area (Å²) in [5, 5.41) is 3.80. The van der Waals surface area contributed by atoms with Gasteiger partial charge in [0.25, 0.3) is 0 Å². The number of halogens is 1. The van der Waals surface area contributed by atoms with E-state index in [1.807, 2.05) is 13.8 Å². The van der Waals surface area contributed by atoms with Gasteiger partial charge in [-0.15, -0.1) is 0 Å². The summed E-state index contributed by atoms with van der Waals surface area (Å²) >= 11 is 5.96. The maximum Gasteiger partial charge on any atom is 0.135 e. The van der Waals surface area contributed by atoms with Crippen molar-refractivity contribution in [3.63, 3.8) is 0 Å². The average Bonchev–Trinajstić information content (AvgIpc) is 2.69. The zero-order chi connectivity index (χ0) is 11.5. The second-order valence-electron chi connectivity index (χ2n) is 4.29. The Bertz CT molecular complexity index is 364. The van der Waals surface area contributed by atoms with Gasteiger partial charge < -0.3 is 10.1 Å². The molecule has 5 heteroatoms. The smallest absolute Gasteiger partial charge is 0.135 e. The van der Waals surface area contributed by atoms with Gasteiger partial charge in [0.2, 0.25) is 0 Å². The second-order valence-corrected chi connectivity index (χ2v) is 4.68. The molecule has 1 saturated heterocycles. The number of nitrogens with one attached hydrogen (secondary N) is 1. The van der Waals surface area contributed by atoms with Crippen LogP contribution in [0.2, 0.25) is 5.15 Å². The monoisotopic (exact) mass is 241 g/mol. The molecule has 1 atom stereocenters. The lowest BCUT2D eigenvalue weighted by Crippen LogP contribution is -2.20. The highest BCUT2D eigenvalue weighted by molar-refractivity contribution is 6.29. The summed E-state index contributed by atoms with van der Waals surface area (Å²) in [6.45, 7) is 5.65. The van der Waals surface area contributed by atoms with Gasteiger partial charge in [-0.05, 0) is 6.42 Å². The van der Waals surface area contributed by atoms with E-state index >= 15 is 0 Å². The van der Waals surface area contributed by atoms with Crippen LogP contribution in [-0.4, -0.2) is 29.2 Å². The van der Waals surface area contributed by atoms with Gasteiger partial charge in [0.05, 0.1) is 12.6 Å². The van der Waals surface area contributed by atoms with E-state index in [0.29, 0.717) is 11.2 Å². The molecule has 1 N–H and O–H groups in total. The first-order chi connectivity index (χ1) is 7.65. The van der Waals surface area contributed by atoms with Crippen LogP contribution in [0.1, 0.15) is 32.0 Å². The molecule has 0 amide bonds. The van der Waals surface area contributed by atoms with Crippen LogP contribution in [0.15, 0.2) is 6.07 Å². The minimum Gasteiger partial charge on any atom is -0.379 e. The highest BCUT2D eigenvalue weighted by atomic mass is 35.5. The van der Waals surface area contributed by atoms with E-state index in [-0.39, 0.29) is 5.92 Å². The second kappa shape index (κ2) is 4.97. The van der Waals surface area contributed by atoms with Gasteiger partial charge in [0.15, 0.2) is 0 Å². The number of ether oxygens (including phenoxy) is 1. The van der Waals surface area contributed by atoms with Crippen molar-refractivity contribution in [3.05, 3.63) is 17.0 Å². The minimum atomic E-state index is 0.277.